The summed E-state index contributed by atoms with van der Waals surface area (Å²) in [6, 6.07) is 74.3. The number of nitrogens with two attached hydrogens (primary N) is 1. The molecular weight excluding hydrogens is 944 g/mol. The van der Waals surface area contributed by atoms with Crippen LogP contribution in [0.15, 0.2) is 194 Å². The van der Waals surface area contributed by atoms with Crippen molar-refractivity contribution in [1.29, 1.82) is 0 Å². The standard InChI is InChI=1S/C73H73BN4/c1-69(2,3)51-29-34-61(56(41-51)48-24-17-13-18-25-48)76-64-36-31-53(71(7,8)9)43-60(64)74-59-33-28-50(47-22-15-12-16-23-47)40-65(59)77(62-35-30-52(70(4,5)6)42-57(62)49-26-19-14-20-27-49)67-46-55(45-66(76)68(67)74)78-63-37-32-54(75)44-58(63)72(10)38-21-39-73(72,78)11/h12-20,22-37,40-46H,21,38-39,75H2,1-11H3. The number of rotatable bonds is 6. The maximum atomic E-state index is 6.77. The smallest absolute Gasteiger partial charge is 0.252 e. The van der Waals surface area contributed by atoms with E-state index < -0.39 is 0 Å². The van der Waals surface area contributed by atoms with E-state index in [4.69, 9.17) is 5.73 Å². The number of fused-ring (bicyclic) bond motifs is 7. The minimum atomic E-state index is -0.215. The average molecular weight is 1020 g/mol. The van der Waals surface area contributed by atoms with E-state index in [9.17, 15) is 0 Å². The van der Waals surface area contributed by atoms with Crippen molar-refractivity contribution in [3.05, 3.63) is 216 Å². The van der Waals surface area contributed by atoms with Gasteiger partial charge in [0.15, 0.2) is 0 Å². The Balaban J connectivity index is 1.21. The van der Waals surface area contributed by atoms with Crippen LogP contribution in [0, 0.1) is 0 Å². The van der Waals surface area contributed by atoms with Crippen molar-refractivity contribution in [2.75, 3.05) is 20.4 Å². The van der Waals surface area contributed by atoms with Crippen molar-refractivity contribution in [1.82, 2.24) is 0 Å². The first kappa shape index (κ1) is 49.8. The van der Waals surface area contributed by atoms with E-state index in [1.54, 1.807) is 0 Å². The lowest BCUT2D eigenvalue weighted by Gasteiger charge is -2.47. The molecule has 2 atom stereocenters. The maximum absolute atomic E-state index is 6.77. The van der Waals surface area contributed by atoms with Crippen molar-refractivity contribution < 1.29 is 0 Å². The summed E-state index contributed by atoms with van der Waals surface area (Å²) in [5, 5.41) is 0. The summed E-state index contributed by atoms with van der Waals surface area (Å²) in [7, 11) is 0. The molecule has 78 heavy (non-hydrogen) atoms. The second-order valence-electron chi connectivity index (χ2n) is 26.4. The molecule has 0 bridgehead atoms. The van der Waals surface area contributed by atoms with Gasteiger partial charge >= 0.3 is 0 Å². The van der Waals surface area contributed by atoms with Gasteiger partial charge in [-0.25, -0.2) is 0 Å². The second-order valence-corrected chi connectivity index (χ2v) is 26.4. The molecule has 1 saturated carbocycles. The molecule has 0 aromatic heterocycles. The molecule has 9 aromatic rings. The first-order valence-corrected chi connectivity index (χ1v) is 28.5. The van der Waals surface area contributed by atoms with Crippen LogP contribution in [0.5, 0.6) is 0 Å². The molecule has 5 heteroatoms. The number of nitrogens with zero attached hydrogens (tertiary/aromatic N) is 3. The van der Waals surface area contributed by atoms with Gasteiger partial charge in [0, 0.05) is 56.4 Å². The van der Waals surface area contributed by atoms with Gasteiger partial charge in [-0.3, -0.25) is 0 Å². The van der Waals surface area contributed by atoms with Crippen LogP contribution >= 0.6 is 0 Å². The van der Waals surface area contributed by atoms with Gasteiger partial charge in [-0.15, -0.1) is 0 Å². The molecule has 13 rings (SSSR count). The summed E-state index contributed by atoms with van der Waals surface area (Å²) >= 11 is 0. The van der Waals surface area contributed by atoms with E-state index in [0.717, 1.165) is 30.6 Å². The minimum Gasteiger partial charge on any atom is -0.399 e. The van der Waals surface area contributed by atoms with Crippen molar-refractivity contribution in [3.8, 4) is 33.4 Å². The largest absolute Gasteiger partial charge is 0.399 e. The highest BCUT2D eigenvalue weighted by molar-refractivity contribution is 7.00. The molecule has 9 aromatic carbocycles. The molecule has 0 spiro atoms. The van der Waals surface area contributed by atoms with Crippen LogP contribution in [0.2, 0.25) is 0 Å². The lowest BCUT2D eigenvalue weighted by Crippen LogP contribution is -2.61. The Kier molecular flexibility index (Phi) is 11.3. The van der Waals surface area contributed by atoms with Crippen LogP contribution in [0.25, 0.3) is 33.4 Å². The van der Waals surface area contributed by atoms with Gasteiger partial charge in [0.2, 0.25) is 0 Å². The predicted octanol–water partition coefficient (Wildman–Crippen LogP) is 17.6. The van der Waals surface area contributed by atoms with E-state index in [2.05, 4.69) is 285 Å². The lowest BCUT2D eigenvalue weighted by molar-refractivity contribution is 0.330. The van der Waals surface area contributed by atoms with Crippen LogP contribution in [0.3, 0.4) is 0 Å². The van der Waals surface area contributed by atoms with Gasteiger partial charge in [-0.1, -0.05) is 203 Å². The summed E-state index contributed by atoms with van der Waals surface area (Å²) in [5.74, 6) is 0. The van der Waals surface area contributed by atoms with Crippen molar-refractivity contribution in [3.63, 3.8) is 0 Å². The van der Waals surface area contributed by atoms with Gasteiger partial charge in [-0.2, -0.15) is 0 Å². The normalized spacial score (nSPS) is 18.3. The van der Waals surface area contributed by atoms with Gasteiger partial charge in [0.1, 0.15) is 0 Å². The van der Waals surface area contributed by atoms with Crippen LogP contribution < -0.4 is 36.8 Å². The second kappa shape index (κ2) is 17.6. The summed E-state index contributed by atoms with van der Waals surface area (Å²) in [4.78, 5) is 8.07. The third kappa shape index (κ3) is 7.70. The van der Waals surface area contributed by atoms with E-state index >= 15 is 0 Å². The highest BCUT2D eigenvalue weighted by Crippen LogP contribution is 2.63. The molecule has 2 N–H and O–H groups in total. The molecule has 0 radical (unpaired) electrons. The summed E-state index contributed by atoms with van der Waals surface area (Å²) in [5.41, 5.74) is 33.0. The molecule has 0 saturated heterocycles. The highest BCUT2D eigenvalue weighted by Gasteiger charge is 2.60. The Hall–Kier alpha value is -7.76. The first-order valence-electron chi connectivity index (χ1n) is 28.5. The maximum Gasteiger partial charge on any atom is 0.252 e. The van der Waals surface area contributed by atoms with Crippen LogP contribution in [0.1, 0.15) is 118 Å². The van der Waals surface area contributed by atoms with E-state index in [1.165, 1.54) is 112 Å². The van der Waals surface area contributed by atoms with Gasteiger partial charge in [0.25, 0.3) is 6.71 Å². The summed E-state index contributed by atoms with van der Waals surface area (Å²) in [6.07, 6.45) is 3.33. The van der Waals surface area contributed by atoms with Gasteiger partial charge in [0.05, 0.1) is 16.9 Å². The number of anilines is 9. The predicted molar refractivity (Wildman–Crippen MR) is 335 cm³/mol. The fourth-order valence-electron chi connectivity index (χ4n) is 14.0. The van der Waals surface area contributed by atoms with Crippen molar-refractivity contribution >= 4 is 74.3 Å². The Morgan fingerprint density at radius 3 is 1.44 bits per heavy atom. The quantitative estimate of drug-likeness (QED) is 0.133. The van der Waals surface area contributed by atoms with Gasteiger partial charge in [-0.05, 0) is 164 Å². The summed E-state index contributed by atoms with van der Waals surface area (Å²) in [6.45, 7) is 26.0. The number of hydrogen-bond acceptors (Lipinski definition) is 4. The Labute approximate surface area is 464 Å². The Morgan fingerprint density at radius 2 is 0.897 bits per heavy atom. The molecule has 388 valence electrons. The zero-order chi connectivity index (χ0) is 54.3. The topological polar surface area (TPSA) is 35.7 Å². The molecule has 4 nitrogen and oxygen atoms in total. The van der Waals surface area contributed by atoms with Gasteiger partial charge < -0.3 is 20.4 Å². The van der Waals surface area contributed by atoms with Crippen LogP contribution in [0.4, 0.5) is 51.2 Å². The zero-order valence-corrected chi connectivity index (χ0v) is 47.6. The number of nitrogen functional groups attached to an aromatic ring is 1. The fraction of sp³-hybridized carbons (Fsp3) is 0.260. The Morgan fingerprint density at radius 1 is 0.410 bits per heavy atom. The molecule has 2 unspecified atom stereocenters. The zero-order valence-electron chi connectivity index (χ0n) is 47.6. The SMILES string of the molecule is CC(C)(C)c1ccc2c(c1)B1c3ccc(-c4ccccc4)cc3N(c3ccc(C(C)(C)C)cc3-c3ccccc3)c3cc(N4c5ccc(N)cc5C5(C)CCCC45C)cc(c31)N2c1ccc(C(C)(C)C)cc1-c1ccccc1. The number of benzene rings is 9. The van der Waals surface area contributed by atoms with Crippen molar-refractivity contribution in [2.45, 2.75) is 123 Å². The number of hydrogen-bond donors (Lipinski definition) is 1. The summed E-state index contributed by atoms with van der Waals surface area (Å²) < 4.78 is 0. The minimum absolute atomic E-state index is 0.0641. The lowest BCUT2D eigenvalue weighted by atomic mass is 9.33. The molecule has 0 amide bonds. The first-order chi connectivity index (χ1) is 37.2. The Bertz CT molecular complexity index is 3840. The van der Waals surface area contributed by atoms with E-state index in [1.807, 2.05) is 0 Å². The molecule has 3 heterocycles. The third-order valence-corrected chi connectivity index (χ3v) is 18.5. The van der Waals surface area contributed by atoms with E-state index in [0.29, 0.717) is 0 Å². The monoisotopic (exact) mass is 1020 g/mol. The average Bonchev–Trinajstić information content (AvgIpc) is 3.07. The van der Waals surface area contributed by atoms with E-state index in [-0.39, 0.29) is 33.9 Å². The van der Waals surface area contributed by atoms with Crippen molar-refractivity contribution in [2.24, 2.45) is 0 Å². The van der Waals surface area contributed by atoms with Crippen LogP contribution in [-0.4, -0.2) is 12.3 Å². The third-order valence-electron chi connectivity index (χ3n) is 18.5. The molecule has 1 fully saturated rings. The van der Waals surface area contributed by atoms with Crippen LogP contribution in [-0.2, 0) is 21.7 Å². The molecular formula is C73H73BN4. The molecule has 3 aliphatic heterocycles. The molecule has 1 aliphatic carbocycles. The fourth-order valence-corrected chi connectivity index (χ4v) is 14.0. The molecule has 4 aliphatic rings. The highest BCUT2D eigenvalue weighted by atomic mass is 15.3.